The molecule has 144 valence electrons. The van der Waals surface area contributed by atoms with Crippen LogP contribution in [0.15, 0.2) is 0 Å². The van der Waals surface area contributed by atoms with Crippen molar-refractivity contribution in [2.75, 3.05) is 32.8 Å². The fraction of sp³-hybridized carbons (Fsp3) is 1.00. The quantitative estimate of drug-likeness (QED) is 0.429. The first kappa shape index (κ1) is 22.0. The summed E-state index contributed by atoms with van der Waals surface area (Å²) in [5.41, 5.74) is 0.435. The number of nitrogens with zero attached hydrogens (tertiary/aromatic N) is 2. The van der Waals surface area contributed by atoms with Gasteiger partial charge in [-0.25, -0.2) is 0 Å². The van der Waals surface area contributed by atoms with Crippen molar-refractivity contribution in [2.45, 2.75) is 92.9 Å². The van der Waals surface area contributed by atoms with Gasteiger partial charge in [0.25, 0.3) is 0 Å². The molecule has 0 aromatic rings. The molecule has 0 spiro atoms. The first-order valence-electron chi connectivity index (χ1n) is 10.9. The second kappa shape index (κ2) is 11.5. The predicted molar refractivity (Wildman–Crippen MR) is 108 cm³/mol. The standard InChI is InChI=1S/C22H46N2/c1-7-11-13-20(9-3)15-23-17-22(5,6)18-24(19-23)16-21(10-4)14-12-8-2/h20-21H,7-19H2,1-6H3/t20-,21-/m0/s1. The van der Waals surface area contributed by atoms with Gasteiger partial charge >= 0.3 is 0 Å². The second-order valence-corrected chi connectivity index (χ2v) is 9.16. The van der Waals surface area contributed by atoms with Gasteiger partial charge in [-0.2, -0.15) is 0 Å². The van der Waals surface area contributed by atoms with E-state index < -0.39 is 0 Å². The van der Waals surface area contributed by atoms with E-state index in [2.05, 4.69) is 51.3 Å². The highest BCUT2D eigenvalue weighted by Gasteiger charge is 2.32. The van der Waals surface area contributed by atoms with E-state index in [4.69, 9.17) is 0 Å². The van der Waals surface area contributed by atoms with Crippen LogP contribution >= 0.6 is 0 Å². The van der Waals surface area contributed by atoms with Crippen LogP contribution in [0, 0.1) is 17.3 Å². The summed E-state index contributed by atoms with van der Waals surface area (Å²) in [5, 5.41) is 0. The summed E-state index contributed by atoms with van der Waals surface area (Å²) in [6.07, 6.45) is 11.0. The molecule has 0 radical (unpaired) electrons. The topological polar surface area (TPSA) is 6.48 Å². The SMILES string of the molecule is CCCC[C@H](CC)CN1CN(C[C@@H](CC)CCCC)CC(C)(C)C1. The molecule has 0 amide bonds. The van der Waals surface area contributed by atoms with Crippen LogP contribution in [0.25, 0.3) is 0 Å². The molecule has 0 aromatic heterocycles. The molecule has 0 unspecified atom stereocenters. The van der Waals surface area contributed by atoms with Crippen LogP contribution in [-0.2, 0) is 0 Å². The van der Waals surface area contributed by atoms with Crippen molar-refractivity contribution >= 4 is 0 Å². The number of unbranched alkanes of at least 4 members (excludes halogenated alkanes) is 2. The van der Waals surface area contributed by atoms with Crippen molar-refractivity contribution < 1.29 is 0 Å². The Morgan fingerprint density at radius 2 is 1.17 bits per heavy atom. The van der Waals surface area contributed by atoms with Crippen molar-refractivity contribution in [3.63, 3.8) is 0 Å². The van der Waals surface area contributed by atoms with E-state index in [1.54, 1.807) is 0 Å². The van der Waals surface area contributed by atoms with Crippen LogP contribution in [0.5, 0.6) is 0 Å². The molecule has 1 aliphatic heterocycles. The number of hydrogen-bond donors (Lipinski definition) is 0. The molecule has 0 aromatic carbocycles. The lowest BCUT2D eigenvalue weighted by Gasteiger charge is -2.46. The lowest BCUT2D eigenvalue weighted by Crippen LogP contribution is -2.55. The lowest BCUT2D eigenvalue weighted by atomic mass is 9.88. The maximum absolute atomic E-state index is 2.76. The molecule has 1 saturated heterocycles. The van der Waals surface area contributed by atoms with Crippen LogP contribution < -0.4 is 0 Å². The lowest BCUT2D eigenvalue weighted by molar-refractivity contribution is -0.00863. The summed E-state index contributed by atoms with van der Waals surface area (Å²) >= 11 is 0. The van der Waals surface area contributed by atoms with Gasteiger partial charge in [-0.05, 0) is 30.1 Å². The average molecular weight is 339 g/mol. The molecule has 1 aliphatic rings. The minimum absolute atomic E-state index is 0.435. The molecule has 0 bridgehead atoms. The Labute approximate surface area is 153 Å². The van der Waals surface area contributed by atoms with Gasteiger partial charge in [0, 0.05) is 26.2 Å². The zero-order valence-electron chi connectivity index (χ0n) is 17.7. The van der Waals surface area contributed by atoms with Crippen molar-refractivity contribution in [1.29, 1.82) is 0 Å². The molecule has 0 aliphatic carbocycles. The average Bonchev–Trinajstić information content (AvgIpc) is 2.53. The fourth-order valence-electron chi connectivity index (χ4n) is 4.45. The molecule has 0 N–H and O–H groups in total. The smallest absolute Gasteiger partial charge is 0.0506 e. The normalized spacial score (nSPS) is 21.8. The van der Waals surface area contributed by atoms with Crippen molar-refractivity contribution in [3.05, 3.63) is 0 Å². The van der Waals surface area contributed by atoms with Crippen LogP contribution in [0.1, 0.15) is 92.9 Å². The molecule has 0 saturated carbocycles. The van der Waals surface area contributed by atoms with Gasteiger partial charge in [0.1, 0.15) is 0 Å². The Balaban J connectivity index is 2.58. The third kappa shape index (κ3) is 8.34. The maximum atomic E-state index is 2.76. The van der Waals surface area contributed by atoms with Gasteiger partial charge in [0.15, 0.2) is 0 Å². The van der Waals surface area contributed by atoms with E-state index in [1.165, 1.54) is 84.2 Å². The third-order valence-corrected chi connectivity index (χ3v) is 5.82. The molecule has 2 nitrogen and oxygen atoms in total. The molecular weight excluding hydrogens is 292 g/mol. The first-order chi connectivity index (χ1) is 11.4. The van der Waals surface area contributed by atoms with Crippen molar-refractivity contribution in [1.82, 2.24) is 9.80 Å². The van der Waals surface area contributed by atoms with Crippen LogP contribution in [0.4, 0.5) is 0 Å². The van der Waals surface area contributed by atoms with Gasteiger partial charge in [-0.15, -0.1) is 0 Å². The molecule has 2 heteroatoms. The fourth-order valence-corrected chi connectivity index (χ4v) is 4.45. The van der Waals surface area contributed by atoms with Crippen LogP contribution in [0.2, 0.25) is 0 Å². The summed E-state index contributed by atoms with van der Waals surface area (Å²) in [7, 11) is 0. The monoisotopic (exact) mass is 338 g/mol. The largest absolute Gasteiger partial charge is 0.290 e. The maximum Gasteiger partial charge on any atom is 0.0506 e. The predicted octanol–water partition coefficient (Wildman–Crippen LogP) is 6.02. The highest BCUT2D eigenvalue weighted by molar-refractivity contribution is 4.85. The van der Waals surface area contributed by atoms with Crippen molar-refractivity contribution in [3.8, 4) is 0 Å². The number of hydrogen-bond acceptors (Lipinski definition) is 2. The molecule has 2 atom stereocenters. The molecule has 1 rings (SSSR count). The van der Waals surface area contributed by atoms with E-state index in [-0.39, 0.29) is 0 Å². The van der Waals surface area contributed by atoms with E-state index in [0.29, 0.717) is 5.41 Å². The van der Waals surface area contributed by atoms with Gasteiger partial charge in [0.05, 0.1) is 6.67 Å². The molecule has 1 fully saturated rings. The Morgan fingerprint density at radius 3 is 1.50 bits per heavy atom. The van der Waals surface area contributed by atoms with E-state index >= 15 is 0 Å². The summed E-state index contributed by atoms with van der Waals surface area (Å²) in [4.78, 5) is 5.53. The molecular formula is C22H46N2. The van der Waals surface area contributed by atoms with Crippen molar-refractivity contribution in [2.24, 2.45) is 17.3 Å². The van der Waals surface area contributed by atoms with Gasteiger partial charge in [-0.3, -0.25) is 9.80 Å². The van der Waals surface area contributed by atoms with Gasteiger partial charge in [0.2, 0.25) is 0 Å². The summed E-state index contributed by atoms with van der Waals surface area (Å²) < 4.78 is 0. The zero-order chi connectivity index (χ0) is 18.0. The van der Waals surface area contributed by atoms with Crippen LogP contribution in [-0.4, -0.2) is 42.6 Å². The Bertz CT molecular complexity index is 285. The second-order valence-electron chi connectivity index (χ2n) is 9.16. The zero-order valence-corrected chi connectivity index (χ0v) is 17.7. The third-order valence-electron chi connectivity index (χ3n) is 5.82. The van der Waals surface area contributed by atoms with Crippen LogP contribution in [0.3, 0.4) is 0 Å². The van der Waals surface area contributed by atoms with E-state index in [0.717, 1.165) is 11.8 Å². The summed E-state index contributed by atoms with van der Waals surface area (Å²) in [5.74, 6) is 1.78. The summed E-state index contributed by atoms with van der Waals surface area (Å²) in [6.45, 7) is 20.7. The Kier molecular flexibility index (Phi) is 10.5. The highest BCUT2D eigenvalue weighted by Crippen LogP contribution is 2.27. The van der Waals surface area contributed by atoms with Gasteiger partial charge < -0.3 is 0 Å². The Morgan fingerprint density at radius 1 is 0.750 bits per heavy atom. The molecule has 1 heterocycles. The van der Waals surface area contributed by atoms with E-state index in [9.17, 15) is 0 Å². The first-order valence-corrected chi connectivity index (χ1v) is 10.9. The van der Waals surface area contributed by atoms with E-state index in [1.807, 2.05) is 0 Å². The Hall–Kier alpha value is -0.0800. The van der Waals surface area contributed by atoms with Gasteiger partial charge in [-0.1, -0.05) is 80.1 Å². The highest BCUT2D eigenvalue weighted by atomic mass is 15.3. The minimum atomic E-state index is 0.435. The minimum Gasteiger partial charge on any atom is -0.290 e. The summed E-state index contributed by atoms with van der Waals surface area (Å²) in [6, 6.07) is 0. The number of rotatable bonds is 12. The molecule has 24 heavy (non-hydrogen) atoms.